The van der Waals surface area contributed by atoms with Crippen LogP contribution in [-0.2, 0) is 9.47 Å². The lowest BCUT2D eigenvalue weighted by atomic mass is 9.87. The number of methoxy groups -OCH3 is 2. The molecule has 0 bridgehead atoms. The van der Waals surface area contributed by atoms with Crippen LogP contribution in [0.5, 0.6) is 11.5 Å². The number of rotatable bonds is 10. The van der Waals surface area contributed by atoms with E-state index >= 15 is 0 Å². The average molecular weight is 455 g/mol. The molecule has 0 radical (unpaired) electrons. The second kappa shape index (κ2) is 11.7. The summed E-state index contributed by atoms with van der Waals surface area (Å²) in [5.74, 6) is 2.23. The molecule has 0 aliphatic carbocycles. The van der Waals surface area contributed by atoms with E-state index < -0.39 is 0 Å². The van der Waals surface area contributed by atoms with E-state index in [2.05, 4.69) is 47.5 Å². The maximum atomic E-state index is 6.80. The zero-order chi connectivity index (χ0) is 23.0. The van der Waals surface area contributed by atoms with E-state index in [1.807, 2.05) is 12.1 Å². The molecule has 1 saturated heterocycles. The summed E-state index contributed by atoms with van der Waals surface area (Å²) in [5.41, 5.74) is 3.71. The Kier molecular flexibility index (Phi) is 8.48. The summed E-state index contributed by atoms with van der Waals surface area (Å²) < 4.78 is 23.3. The minimum Gasteiger partial charge on any atom is -0.497 e. The average Bonchev–Trinajstić information content (AvgIpc) is 2.87. The van der Waals surface area contributed by atoms with Crippen molar-refractivity contribution in [1.29, 1.82) is 0 Å². The fourth-order valence-electron chi connectivity index (χ4n) is 4.95. The van der Waals surface area contributed by atoms with Gasteiger partial charge in [-0.2, -0.15) is 0 Å². The van der Waals surface area contributed by atoms with Crippen LogP contribution < -0.4 is 19.7 Å². The maximum absolute atomic E-state index is 6.80. The Balaban J connectivity index is 1.51. The van der Waals surface area contributed by atoms with Crippen molar-refractivity contribution < 1.29 is 18.9 Å². The molecule has 0 saturated carbocycles. The minimum absolute atomic E-state index is 0.0451. The molecule has 2 aliphatic rings. The van der Waals surface area contributed by atoms with Gasteiger partial charge in [0.25, 0.3) is 0 Å². The molecule has 2 aromatic rings. The molecule has 2 aliphatic heterocycles. The van der Waals surface area contributed by atoms with Crippen LogP contribution in [0.1, 0.15) is 49.3 Å². The van der Waals surface area contributed by atoms with E-state index in [9.17, 15) is 0 Å². The van der Waals surface area contributed by atoms with E-state index in [0.29, 0.717) is 5.92 Å². The molecule has 1 N–H and O–H groups in total. The van der Waals surface area contributed by atoms with Gasteiger partial charge in [-0.15, -0.1) is 0 Å². The van der Waals surface area contributed by atoms with Gasteiger partial charge in [0, 0.05) is 32.7 Å². The molecule has 0 aromatic heterocycles. The van der Waals surface area contributed by atoms with Crippen molar-refractivity contribution in [3.8, 4) is 11.5 Å². The Morgan fingerprint density at radius 2 is 2.00 bits per heavy atom. The molecule has 1 fully saturated rings. The zero-order valence-corrected chi connectivity index (χ0v) is 20.2. The van der Waals surface area contributed by atoms with Gasteiger partial charge in [-0.25, -0.2) is 0 Å². The number of hydrogen-bond acceptors (Lipinski definition) is 6. The van der Waals surface area contributed by atoms with Crippen molar-refractivity contribution in [1.82, 2.24) is 5.32 Å². The predicted molar refractivity (Wildman–Crippen MR) is 132 cm³/mol. The summed E-state index contributed by atoms with van der Waals surface area (Å²) in [6.45, 7) is 7.46. The van der Waals surface area contributed by atoms with Gasteiger partial charge in [-0.3, -0.25) is 0 Å². The number of nitrogens with one attached hydrogen (secondary N) is 1. The Bertz CT molecular complexity index is 873. The standard InChI is InChI=1S/C27H38N2O4/c1-4-25(21-8-11-26-24(18-21)29(15-17-32-26)14-5-16-30-2)33-27-19-28-13-12-23(27)20-6-9-22(31-3)10-7-20/h6-11,18,23,25,27-28H,4-5,12-17,19H2,1-3H3/t23-,25+,27+/m1/s1. The van der Waals surface area contributed by atoms with Crippen LogP contribution in [0.25, 0.3) is 0 Å². The van der Waals surface area contributed by atoms with Gasteiger partial charge in [-0.05, 0) is 61.2 Å². The third kappa shape index (κ3) is 5.81. The van der Waals surface area contributed by atoms with Gasteiger partial charge >= 0.3 is 0 Å². The molecular weight excluding hydrogens is 416 g/mol. The highest BCUT2D eigenvalue weighted by Crippen LogP contribution is 2.38. The number of hydrogen-bond donors (Lipinski definition) is 1. The fourth-order valence-corrected chi connectivity index (χ4v) is 4.95. The Morgan fingerprint density at radius 3 is 2.76 bits per heavy atom. The van der Waals surface area contributed by atoms with Gasteiger partial charge in [0.05, 0.1) is 31.5 Å². The van der Waals surface area contributed by atoms with Gasteiger partial charge < -0.3 is 29.2 Å². The molecule has 3 atom stereocenters. The predicted octanol–water partition coefficient (Wildman–Crippen LogP) is 4.54. The SMILES string of the molecule is CC[C@H](O[C@H]1CNCC[C@@H]1c1ccc(OC)cc1)c1ccc2c(c1)N(CCCOC)CCO2. The van der Waals surface area contributed by atoms with Crippen molar-refractivity contribution in [2.24, 2.45) is 0 Å². The van der Waals surface area contributed by atoms with Crippen LogP contribution in [-0.4, -0.2) is 59.7 Å². The number of anilines is 1. The number of fused-ring (bicyclic) bond motifs is 1. The van der Waals surface area contributed by atoms with Gasteiger partial charge in [0.2, 0.25) is 0 Å². The van der Waals surface area contributed by atoms with E-state index in [4.69, 9.17) is 18.9 Å². The quantitative estimate of drug-likeness (QED) is 0.532. The third-order valence-corrected chi connectivity index (χ3v) is 6.77. The topological polar surface area (TPSA) is 52.2 Å². The molecule has 4 rings (SSSR count). The van der Waals surface area contributed by atoms with Crippen molar-refractivity contribution in [2.75, 3.05) is 58.5 Å². The summed E-state index contributed by atoms with van der Waals surface area (Å²) >= 11 is 0. The van der Waals surface area contributed by atoms with Crippen LogP contribution in [0, 0.1) is 0 Å². The lowest BCUT2D eigenvalue weighted by molar-refractivity contribution is -0.0376. The molecule has 33 heavy (non-hydrogen) atoms. The van der Waals surface area contributed by atoms with Crippen LogP contribution in [0.4, 0.5) is 5.69 Å². The number of piperidine rings is 1. The molecular formula is C27H38N2O4. The highest BCUT2D eigenvalue weighted by Gasteiger charge is 2.30. The Hall–Kier alpha value is -2.28. The normalized spacial score (nSPS) is 21.2. The maximum Gasteiger partial charge on any atom is 0.142 e. The van der Waals surface area contributed by atoms with Gasteiger partial charge in [0.15, 0.2) is 0 Å². The monoisotopic (exact) mass is 454 g/mol. The Labute approximate surface area is 198 Å². The molecule has 0 spiro atoms. The largest absolute Gasteiger partial charge is 0.497 e. The van der Waals surface area contributed by atoms with E-state index in [0.717, 1.165) is 70.2 Å². The first-order valence-corrected chi connectivity index (χ1v) is 12.2. The second-order valence-corrected chi connectivity index (χ2v) is 8.85. The van der Waals surface area contributed by atoms with E-state index in [-0.39, 0.29) is 12.2 Å². The van der Waals surface area contributed by atoms with Gasteiger partial charge in [0.1, 0.15) is 18.1 Å². The third-order valence-electron chi connectivity index (χ3n) is 6.77. The van der Waals surface area contributed by atoms with Crippen LogP contribution in [0.2, 0.25) is 0 Å². The smallest absolute Gasteiger partial charge is 0.142 e. The van der Waals surface area contributed by atoms with Crippen LogP contribution >= 0.6 is 0 Å². The second-order valence-electron chi connectivity index (χ2n) is 8.85. The number of nitrogens with zero attached hydrogens (tertiary/aromatic N) is 1. The first-order valence-electron chi connectivity index (χ1n) is 12.2. The summed E-state index contributed by atoms with van der Waals surface area (Å²) in [5, 5.41) is 3.53. The molecule has 180 valence electrons. The number of ether oxygens (including phenoxy) is 4. The number of benzene rings is 2. The van der Waals surface area contributed by atoms with Crippen molar-refractivity contribution in [3.05, 3.63) is 53.6 Å². The lowest BCUT2D eigenvalue weighted by Crippen LogP contribution is -2.41. The highest BCUT2D eigenvalue weighted by molar-refractivity contribution is 5.61. The van der Waals surface area contributed by atoms with Crippen LogP contribution in [0.15, 0.2) is 42.5 Å². The molecule has 6 heteroatoms. The minimum atomic E-state index is 0.0451. The molecule has 0 unspecified atom stereocenters. The van der Waals surface area contributed by atoms with E-state index in [1.165, 1.54) is 16.8 Å². The highest BCUT2D eigenvalue weighted by atomic mass is 16.5. The fraction of sp³-hybridized carbons (Fsp3) is 0.556. The first kappa shape index (κ1) is 23.9. The van der Waals surface area contributed by atoms with Gasteiger partial charge in [-0.1, -0.05) is 25.1 Å². The van der Waals surface area contributed by atoms with Crippen molar-refractivity contribution in [3.63, 3.8) is 0 Å². The summed E-state index contributed by atoms with van der Waals surface area (Å²) in [7, 11) is 3.47. The summed E-state index contributed by atoms with van der Waals surface area (Å²) in [6.07, 6.45) is 3.17. The van der Waals surface area contributed by atoms with Crippen molar-refractivity contribution >= 4 is 5.69 Å². The first-order chi connectivity index (χ1) is 16.2. The zero-order valence-electron chi connectivity index (χ0n) is 20.2. The van der Waals surface area contributed by atoms with E-state index in [1.54, 1.807) is 14.2 Å². The lowest BCUT2D eigenvalue weighted by Gasteiger charge is -2.36. The molecule has 2 aromatic carbocycles. The Morgan fingerprint density at radius 1 is 1.15 bits per heavy atom. The summed E-state index contributed by atoms with van der Waals surface area (Å²) in [6, 6.07) is 15.0. The summed E-state index contributed by atoms with van der Waals surface area (Å²) in [4.78, 5) is 2.41. The van der Waals surface area contributed by atoms with Crippen molar-refractivity contribution in [2.45, 2.75) is 44.3 Å². The molecule has 2 heterocycles. The molecule has 6 nitrogen and oxygen atoms in total. The molecule has 0 amide bonds. The van der Waals surface area contributed by atoms with Crippen LogP contribution in [0.3, 0.4) is 0 Å².